The summed E-state index contributed by atoms with van der Waals surface area (Å²) < 4.78 is 38.6. The third kappa shape index (κ3) is 4.84. The quantitative estimate of drug-likeness (QED) is 0.856. The molecule has 0 heterocycles. The average molecular weight is 274 g/mol. The number of benzene rings is 1. The first-order chi connectivity index (χ1) is 8.86. The SMILES string of the molecule is CCN(C)CCNC(C)c1ccccc1C(F)(F)F. The van der Waals surface area contributed by atoms with E-state index < -0.39 is 11.7 Å². The summed E-state index contributed by atoms with van der Waals surface area (Å²) in [7, 11) is 1.98. The number of nitrogens with zero attached hydrogens (tertiary/aromatic N) is 1. The molecule has 2 nitrogen and oxygen atoms in total. The smallest absolute Gasteiger partial charge is 0.309 e. The van der Waals surface area contributed by atoms with Crippen molar-refractivity contribution in [3.05, 3.63) is 35.4 Å². The molecule has 1 N–H and O–H groups in total. The highest BCUT2D eigenvalue weighted by molar-refractivity contribution is 5.32. The standard InChI is InChI=1S/C14H21F3N2/c1-4-19(3)10-9-18-11(2)12-7-5-6-8-13(12)14(15,16)17/h5-8,11,18H,4,9-10H2,1-3H3. The van der Waals surface area contributed by atoms with E-state index in [0.717, 1.165) is 19.2 Å². The Morgan fingerprint density at radius 1 is 1.26 bits per heavy atom. The monoisotopic (exact) mass is 274 g/mol. The molecule has 0 spiro atoms. The van der Waals surface area contributed by atoms with E-state index >= 15 is 0 Å². The Balaban J connectivity index is 2.69. The van der Waals surface area contributed by atoms with E-state index in [0.29, 0.717) is 12.1 Å². The number of likely N-dealkylation sites (N-methyl/N-ethyl adjacent to an activating group) is 1. The topological polar surface area (TPSA) is 15.3 Å². The van der Waals surface area contributed by atoms with Gasteiger partial charge in [0.2, 0.25) is 0 Å². The van der Waals surface area contributed by atoms with E-state index in [9.17, 15) is 13.2 Å². The lowest BCUT2D eigenvalue weighted by atomic mass is 10.0. The van der Waals surface area contributed by atoms with E-state index in [1.54, 1.807) is 13.0 Å². The van der Waals surface area contributed by atoms with Crippen LogP contribution in [0.1, 0.15) is 31.0 Å². The van der Waals surface area contributed by atoms with Gasteiger partial charge in [-0.05, 0) is 32.1 Å². The molecule has 0 saturated heterocycles. The third-order valence-electron chi connectivity index (χ3n) is 3.22. The van der Waals surface area contributed by atoms with Gasteiger partial charge in [-0.1, -0.05) is 25.1 Å². The summed E-state index contributed by atoms with van der Waals surface area (Å²) in [5, 5.41) is 3.13. The zero-order chi connectivity index (χ0) is 14.5. The normalized spacial score (nSPS) is 13.8. The molecule has 1 rings (SSSR count). The minimum atomic E-state index is -4.30. The Bertz CT molecular complexity index is 391. The lowest BCUT2D eigenvalue weighted by Crippen LogP contribution is -2.31. The predicted octanol–water partition coefficient (Wildman–Crippen LogP) is 3.31. The molecule has 1 aromatic carbocycles. The van der Waals surface area contributed by atoms with Gasteiger partial charge in [0.1, 0.15) is 0 Å². The largest absolute Gasteiger partial charge is 0.416 e. The number of halogens is 3. The van der Waals surface area contributed by atoms with Crippen molar-refractivity contribution in [3.63, 3.8) is 0 Å². The van der Waals surface area contributed by atoms with Crippen molar-refractivity contribution in [2.24, 2.45) is 0 Å². The molecular formula is C14H21F3N2. The highest BCUT2D eigenvalue weighted by Gasteiger charge is 2.33. The van der Waals surface area contributed by atoms with Crippen molar-refractivity contribution in [3.8, 4) is 0 Å². The minimum absolute atomic E-state index is 0.300. The van der Waals surface area contributed by atoms with Gasteiger partial charge in [-0.15, -0.1) is 0 Å². The molecule has 0 radical (unpaired) electrons. The summed E-state index contributed by atoms with van der Waals surface area (Å²) in [6, 6.07) is 5.41. The van der Waals surface area contributed by atoms with Crippen LogP contribution in [0.2, 0.25) is 0 Å². The molecule has 0 aliphatic rings. The molecule has 0 fully saturated rings. The first-order valence-corrected chi connectivity index (χ1v) is 6.44. The molecule has 0 aliphatic carbocycles. The van der Waals surface area contributed by atoms with Gasteiger partial charge in [-0.25, -0.2) is 0 Å². The molecule has 5 heteroatoms. The fourth-order valence-corrected chi connectivity index (χ4v) is 1.87. The van der Waals surface area contributed by atoms with Gasteiger partial charge in [0.15, 0.2) is 0 Å². The van der Waals surface area contributed by atoms with Crippen molar-refractivity contribution >= 4 is 0 Å². The molecular weight excluding hydrogens is 253 g/mol. The second-order valence-corrected chi connectivity index (χ2v) is 4.66. The average Bonchev–Trinajstić information content (AvgIpc) is 2.37. The van der Waals surface area contributed by atoms with Crippen molar-refractivity contribution in [1.82, 2.24) is 10.2 Å². The number of nitrogens with one attached hydrogen (secondary N) is 1. The summed E-state index contributed by atoms with van der Waals surface area (Å²) in [4.78, 5) is 2.11. The summed E-state index contributed by atoms with van der Waals surface area (Å²) in [5.41, 5.74) is -0.256. The van der Waals surface area contributed by atoms with Crippen LogP contribution in [0.4, 0.5) is 13.2 Å². The van der Waals surface area contributed by atoms with Gasteiger partial charge in [0.25, 0.3) is 0 Å². The maximum absolute atomic E-state index is 12.9. The van der Waals surface area contributed by atoms with Crippen LogP contribution in [0.3, 0.4) is 0 Å². The first-order valence-electron chi connectivity index (χ1n) is 6.44. The van der Waals surface area contributed by atoms with Crippen LogP contribution in [0, 0.1) is 0 Å². The second kappa shape index (κ2) is 6.91. The Hall–Kier alpha value is -1.07. The Labute approximate surface area is 112 Å². The first kappa shape index (κ1) is 16.0. The predicted molar refractivity (Wildman–Crippen MR) is 71.0 cm³/mol. The fraction of sp³-hybridized carbons (Fsp3) is 0.571. The van der Waals surface area contributed by atoms with Crippen LogP contribution < -0.4 is 5.32 Å². The molecule has 0 aromatic heterocycles. The van der Waals surface area contributed by atoms with Crippen LogP contribution in [0.25, 0.3) is 0 Å². The summed E-state index contributed by atoms with van der Waals surface area (Å²) in [6.07, 6.45) is -4.30. The Morgan fingerprint density at radius 2 is 1.89 bits per heavy atom. The van der Waals surface area contributed by atoms with Gasteiger partial charge in [-0.3, -0.25) is 0 Å². The Morgan fingerprint density at radius 3 is 2.47 bits per heavy atom. The molecule has 0 saturated carbocycles. The van der Waals surface area contributed by atoms with Gasteiger partial charge < -0.3 is 10.2 Å². The highest BCUT2D eigenvalue weighted by atomic mass is 19.4. The van der Waals surface area contributed by atoms with Crippen LogP contribution in [-0.4, -0.2) is 31.6 Å². The molecule has 1 aromatic rings. The zero-order valence-corrected chi connectivity index (χ0v) is 11.6. The lowest BCUT2D eigenvalue weighted by Gasteiger charge is -2.21. The maximum atomic E-state index is 12.9. The summed E-state index contributed by atoms with van der Waals surface area (Å²) in [5.74, 6) is 0. The molecule has 0 amide bonds. The van der Waals surface area contributed by atoms with Gasteiger partial charge in [0.05, 0.1) is 5.56 Å². The number of hydrogen-bond donors (Lipinski definition) is 1. The minimum Gasteiger partial charge on any atom is -0.309 e. The molecule has 0 aliphatic heterocycles. The second-order valence-electron chi connectivity index (χ2n) is 4.66. The van der Waals surface area contributed by atoms with Crippen LogP contribution in [-0.2, 0) is 6.18 Å². The van der Waals surface area contributed by atoms with Gasteiger partial charge in [-0.2, -0.15) is 13.2 Å². The molecule has 1 unspecified atom stereocenters. The van der Waals surface area contributed by atoms with Crippen LogP contribution >= 0.6 is 0 Å². The maximum Gasteiger partial charge on any atom is 0.416 e. The van der Waals surface area contributed by atoms with Gasteiger partial charge in [0, 0.05) is 19.1 Å². The van der Waals surface area contributed by atoms with Crippen molar-refractivity contribution in [2.75, 3.05) is 26.7 Å². The highest BCUT2D eigenvalue weighted by Crippen LogP contribution is 2.34. The number of hydrogen-bond acceptors (Lipinski definition) is 2. The summed E-state index contributed by atoms with van der Waals surface area (Å²) in [6.45, 7) is 6.21. The molecule has 108 valence electrons. The van der Waals surface area contributed by atoms with Crippen molar-refractivity contribution < 1.29 is 13.2 Å². The molecule has 19 heavy (non-hydrogen) atoms. The molecule has 0 bridgehead atoms. The molecule has 1 atom stereocenters. The number of alkyl halides is 3. The Kier molecular flexibility index (Phi) is 5.82. The van der Waals surface area contributed by atoms with Crippen molar-refractivity contribution in [2.45, 2.75) is 26.1 Å². The van der Waals surface area contributed by atoms with E-state index in [1.807, 2.05) is 14.0 Å². The van der Waals surface area contributed by atoms with Gasteiger partial charge >= 0.3 is 6.18 Å². The van der Waals surface area contributed by atoms with E-state index in [-0.39, 0.29) is 6.04 Å². The number of rotatable bonds is 6. The van der Waals surface area contributed by atoms with E-state index in [1.165, 1.54) is 12.1 Å². The zero-order valence-electron chi connectivity index (χ0n) is 11.6. The third-order valence-corrected chi connectivity index (χ3v) is 3.22. The van der Waals surface area contributed by atoms with E-state index in [4.69, 9.17) is 0 Å². The fourth-order valence-electron chi connectivity index (χ4n) is 1.87. The van der Waals surface area contributed by atoms with Crippen molar-refractivity contribution in [1.29, 1.82) is 0 Å². The summed E-state index contributed by atoms with van der Waals surface area (Å²) >= 11 is 0. The van der Waals surface area contributed by atoms with E-state index in [2.05, 4.69) is 10.2 Å². The van der Waals surface area contributed by atoms with Crippen LogP contribution in [0.5, 0.6) is 0 Å². The van der Waals surface area contributed by atoms with Crippen LogP contribution in [0.15, 0.2) is 24.3 Å². The lowest BCUT2D eigenvalue weighted by molar-refractivity contribution is -0.138.